The van der Waals surface area contributed by atoms with Crippen molar-refractivity contribution < 1.29 is 23.7 Å². The van der Waals surface area contributed by atoms with Gasteiger partial charge < -0.3 is 23.7 Å². The third-order valence-electron chi connectivity index (χ3n) is 6.37. The molecule has 0 spiro atoms. The fourth-order valence-corrected chi connectivity index (χ4v) is 4.97. The average Bonchev–Trinajstić information content (AvgIpc) is 2.98. The van der Waals surface area contributed by atoms with E-state index in [1.807, 2.05) is 56.3 Å². The maximum atomic E-state index is 6.59. The van der Waals surface area contributed by atoms with E-state index < -0.39 is 23.3 Å². The van der Waals surface area contributed by atoms with Gasteiger partial charge in [-0.05, 0) is 25.0 Å². The molecule has 2 heterocycles. The lowest BCUT2D eigenvalue weighted by atomic mass is 10.1. The molecule has 158 valence electrons. The van der Waals surface area contributed by atoms with Crippen molar-refractivity contribution in [3.05, 3.63) is 84.4 Å². The minimum atomic E-state index is -0.718. The largest absolute Gasteiger partial charge is 0.376 e. The second kappa shape index (κ2) is 7.29. The summed E-state index contributed by atoms with van der Waals surface area (Å²) in [5.41, 5.74) is 0.877. The van der Waals surface area contributed by atoms with Gasteiger partial charge in [-0.2, -0.15) is 0 Å². The standard InChI is InChI=1S/C25H28O5/c1-4-24-20(17-26-15-18-11-7-5-8-12-18)25(24,27-16-19-13-9-6-10-14-19)21-22(30-24)29-23(2,3)28-21/h4-14,20-22H,1,15-17H2,2-3H3. The molecule has 1 aliphatic carbocycles. The van der Waals surface area contributed by atoms with E-state index in [1.165, 1.54) is 0 Å². The van der Waals surface area contributed by atoms with Gasteiger partial charge in [-0.3, -0.25) is 0 Å². The Kier molecular flexibility index (Phi) is 4.84. The van der Waals surface area contributed by atoms with Gasteiger partial charge in [-0.1, -0.05) is 66.7 Å². The monoisotopic (exact) mass is 408 g/mol. The van der Waals surface area contributed by atoms with Crippen molar-refractivity contribution in [2.75, 3.05) is 6.61 Å². The van der Waals surface area contributed by atoms with Crippen LogP contribution in [0.4, 0.5) is 0 Å². The van der Waals surface area contributed by atoms with Crippen LogP contribution in [0, 0.1) is 5.92 Å². The zero-order valence-corrected chi connectivity index (χ0v) is 17.5. The summed E-state index contributed by atoms with van der Waals surface area (Å²) in [6.45, 7) is 9.35. The van der Waals surface area contributed by atoms with Crippen LogP contribution in [-0.4, -0.2) is 36.0 Å². The zero-order chi connectivity index (χ0) is 20.8. The van der Waals surface area contributed by atoms with E-state index in [-0.39, 0.29) is 12.0 Å². The quantitative estimate of drug-likeness (QED) is 0.612. The van der Waals surface area contributed by atoms with E-state index in [0.717, 1.165) is 11.1 Å². The van der Waals surface area contributed by atoms with Crippen LogP contribution < -0.4 is 0 Å². The van der Waals surface area contributed by atoms with E-state index in [2.05, 4.69) is 30.8 Å². The van der Waals surface area contributed by atoms with Gasteiger partial charge in [-0.15, -0.1) is 6.58 Å². The Morgan fingerprint density at radius 1 is 0.900 bits per heavy atom. The Hall–Kier alpha value is -2.02. The molecule has 5 nitrogen and oxygen atoms in total. The van der Waals surface area contributed by atoms with Crippen molar-refractivity contribution in [3.63, 3.8) is 0 Å². The summed E-state index contributed by atoms with van der Waals surface area (Å²) in [6, 6.07) is 20.3. The van der Waals surface area contributed by atoms with Gasteiger partial charge in [-0.25, -0.2) is 0 Å². The molecule has 2 aliphatic heterocycles. The van der Waals surface area contributed by atoms with Crippen molar-refractivity contribution in [2.24, 2.45) is 5.92 Å². The number of hydrogen-bond donors (Lipinski definition) is 0. The molecule has 0 amide bonds. The highest BCUT2D eigenvalue weighted by Gasteiger charge is 2.89. The second-order valence-corrected chi connectivity index (χ2v) is 8.66. The Morgan fingerprint density at radius 2 is 1.53 bits per heavy atom. The molecule has 0 radical (unpaired) electrons. The first-order chi connectivity index (χ1) is 14.5. The molecule has 5 rings (SSSR count). The number of ether oxygens (including phenoxy) is 5. The van der Waals surface area contributed by atoms with Crippen molar-refractivity contribution in [1.29, 1.82) is 0 Å². The molecule has 0 bridgehead atoms. The van der Waals surface area contributed by atoms with Crippen molar-refractivity contribution in [3.8, 4) is 0 Å². The minimum absolute atomic E-state index is 0.0197. The van der Waals surface area contributed by atoms with Gasteiger partial charge >= 0.3 is 0 Å². The third kappa shape index (κ3) is 3.04. The van der Waals surface area contributed by atoms with Crippen molar-refractivity contribution in [1.82, 2.24) is 0 Å². The molecule has 0 N–H and O–H groups in total. The van der Waals surface area contributed by atoms with Crippen LogP contribution in [0.2, 0.25) is 0 Å². The summed E-state index contributed by atoms with van der Waals surface area (Å²) in [4.78, 5) is 0. The smallest absolute Gasteiger partial charge is 0.191 e. The molecule has 0 aromatic heterocycles. The Balaban J connectivity index is 1.36. The predicted octanol–water partition coefficient (Wildman–Crippen LogP) is 4.22. The first kappa shape index (κ1) is 19.9. The van der Waals surface area contributed by atoms with Crippen molar-refractivity contribution >= 4 is 0 Å². The second-order valence-electron chi connectivity index (χ2n) is 8.66. The van der Waals surface area contributed by atoms with E-state index in [4.69, 9.17) is 23.7 Å². The summed E-state index contributed by atoms with van der Waals surface area (Å²) >= 11 is 0. The van der Waals surface area contributed by atoms with E-state index in [0.29, 0.717) is 19.8 Å². The first-order valence-electron chi connectivity index (χ1n) is 10.5. The molecule has 2 saturated heterocycles. The summed E-state index contributed by atoms with van der Waals surface area (Å²) in [5, 5.41) is 0. The Bertz CT molecular complexity index is 898. The number of benzene rings is 2. The Morgan fingerprint density at radius 3 is 2.17 bits per heavy atom. The van der Waals surface area contributed by atoms with Gasteiger partial charge in [0.1, 0.15) is 17.3 Å². The molecule has 3 aliphatic rings. The van der Waals surface area contributed by atoms with Crippen LogP contribution in [0.25, 0.3) is 0 Å². The van der Waals surface area contributed by atoms with E-state index in [9.17, 15) is 0 Å². The zero-order valence-electron chi connectivity index (χ0n) is 17.5. The number of hydrogen-bond acceptors (Lipinski definition) is 5. The van der Waals surface area contributed by atoms with Crippen molar-refractivity contribution in [2.45, 2.75) is 56.4 Å². The normalized spacial score (nSPS) is 35.6. The lowest BCUT2D eigenvalue weighted by molar-refractivity contribution is -0.213. The maximum Gasteiger partial charge on any atom is 0.191 e. The highest BCUT2D eigenvalue weighted by molar-refractivity contribution is 5.41. The lowest BCUT2D eigenvalue weighted by Gasteiger charge is -2.25. The van der Waals surface area contributed by atoms with Crippen LogP contribution in [0.1, 0.15) is 25.0 Å². The van der Waals surface area contributed by atoms with Crippen LogP contribution in [-0.2, 0) is 36.9 Å². The maximum absolute atomic E-state index is 6.59. The average molecular weight is 408 g/mol. The molecule has 5 unspecified atom stereocenters. The van der Waals surface area contributed by atoms with Gasteiger partial charge in [0.05, 0.1) is 25.7 Å². The molecular formula is C25H28O5. The first-order valence-corrected chi connectivity index (χ1v) is 10.5. The fraction of sp³-hybridized carbons (Fsp3) is 0.440. The predicted molar refractivity (Wildman–Crippen MR) is 111 cm³/mol. The van der Waals surface area contributed by atoms with Crippen LogP contribution in [0.5, 0.6) is 0 Å². The van der Waals surface area contributed by atoms with Crippen LogP contribution in [0.3, 0.4) is 0 Å². The molecule has 5 heteroatoms. The van der Waals surface area contributed by atoms with Crippen LogP contribution >= 0.6 is 0 Å². The molecule has 3 fully saturated rings. The summed E-state index contributed by atoms with van der Waals surface area (Å²) in [6.07, 6.45) is 1.03. The SMILES string of the molecule is C=CC12OC3OC(C)(C)OC3C1(OCc1ccccc1)C2COCc1ccccc1. The highest BCUT2D eigenvalue weighted by Crippen LogP contribution is 2.70. The molecule has 2 aromatic carbocycles. The molecule has 5 atom stereocenters. The molecule has 2 aromatic rings. The molecule has 30 heavy (non-hydrogen) atoms. The number of rotatable bonds is 8. The topological polar surface area (TPSA) is 46.2 Å². The van der Waals surface area contributed by atoms with Gasteiger partial charge in [0.2, 0.25) is 0 Å². The van der Waals surface area contributed by atoms with Gasteiger partial charge in [0.25, 0.3) is 0 Å². The van der Waals surface area contributed by atoms with E-state index >= 15 is 0 Å². The van der Waals surface area contributed by atoms with Gasteiger partial charge in [0.15, 0.2) is 12.1 Å². The third-order valence-corrected chi connectivity index (χ3v) is 6.37. The fourth-order valence-electron chi connectivity index (χ4n) is 4.97. The van der Waals surface area contributed by atoms with Gasteiger partial charge in [0, 0.05) is 0 Å². The van der Waals surface area contributed by atoms with Crippen LogP contribution in [0.15, 0.2) is 73.3 Å². The number of fused-ring (bicyclic) bond motifs is 3. The summed E-state index contributed by atoms with van der Waals surface area (Å²) < 4.78 is 31.3. The molecular weight excluding hydrogens is 380 g/mol. The summed E-state index contributed by atoms with van der Waals surface area (Å²) in [7, 11) is 0. The molecule has 1 saturated carbocycles. The highest BCUT2D eigenvalue weighted by atomic mass is 16.9. The van der Waals surface area contributed by atoms with E-state index in [1.54, 1.807) is 0 Å². The minimum Gasteiger partial charge on any atom is -0.376 e. The Labute approximate surface area is 177 Å². The lowest BCUT2D eigenvalue weighted by Crippen LogP contribution is -2.39. The summed E-state index contributed by atoms with van der Waals surface area (Å²) in [5.74, 6) is -0.738.